The minimum atomic E-state index is 0.0285. The Balaban J connectivity index is 2.68. The number of ether oxygens (including phenoxy) is 1. The summed E-state index contributed by atoms with van der Waals surface area (Å²) in [6, 6.07) is 10.7. The van der Waals surface area contributed by atoms with Crippen LogP contribution in [0.2, 0.25) is 0 Å². The van der Waals surface area contributed by atoms with E-state index in [0.717, 1.165) is 16.5 Å². The van der Waals surface area contributed by atoms with Gasteiger partial charge in [0.1, 0.15) is 5.75 Å². The van der Waals surface area contributed by atoms with Crippen LogP contribution in [0.5, 0.6) is 11.5 Å². The number of hydrogen-bond acceptors (Lipinski definition) is 1. The fourth-order valence-electron chi connectivity index (χ4n) is 1.33. The molecule has 0 heterocycles. The predicted molar refractivity (Wildman–Crippen MR) is 50.6 cm³/mol. The molecule has 0 aliphatic carbocycles. The van der Waals surface area contributed by atoms with E-state index >= 15 is 0 Å². The number of benzene rings is 2. The molecule has 65 valence electrons. The first-order valence-corrected chi connectivity index (χ1v) is 4.04. The summed E-state index contributed by atoms with van der Waals surface area (Å²) in [6.07, 6.45) is 0. The molecule has 13 heavy (non-hydrogen) atoms. The molecule has 0 spiro atoms. The van der Waals surface area contributed by atoms with Crippen LogP contribution in [0.25, 0.3) is 10.8 Å². The Labute approximate surface area is 76.4 Å². The molecule has 0 aliphatic rings. The lowest BCUT2D eigenvalue weighted by molar-refractivity contribution is 0.355. The van der Waals surface area contributed by atoms with Crippen molar-refractivity contribution in [2.75, 3.05) is 7.11 Å². The highest BCUT2D eigenvalue weighted by atomic mass is 16.5. The van der Waals surface area contributed by atoms with E-state index in [1.54, 1.807) is 19.2 Å². The van der Waals surface area contributed by atoms with Crippen molar-refractivity contribution in [3.8, 4) is 11.5 Å². The number of fused-ring (bicyclic) bond motifs is 1. The summed E-state index contributed by atoms with van der Waals surface area (Å²) in [5.74, 6) is 0.804. The Hall–Kier alpha value is -1.70. The maximum Gasteiger partial charge on any atom is 0.179 e. The van der Waals surface area contributed by atoms with E-state index in [0.29, 0.717) is 0 Å². The Morgan fingerprint density at radius 3 is 2.54 bits per heavy atom. The van der Waals surface area contributed by atoms with Crippen molar-refractivity contribution in [1.82, 2.24) is 0 Å². The number of rotatable bonds is 1. The summed E-state index contributed by atoms with van der Waals surface area (Å²) in [7, 11) is 1.61. The lowest BCUT2D eigenvalue weighted by Crippen LogP contribution is -1.81. The molecule has 0 bridgehead atoms. The fraction of sp³-hybridized carbons (Fsp3) is 0.0909. The standard InChI is InChI=1S/C11H9O2/c1-13-11-5-3-8-2-4-10(12)6-9(8)7-11/h2-7H,1H3. The van der Waals surface area contributed by atoms with Gasteiger partial charge in [-0.1, -0.05) is 12.1 Å². The molecule has 2 aromatic carbocycles. The Morgan fingerprint density at radius 2 is 1.77 bits per heavy atom. The zero-order valence-electron chi connectivity index (χ0n) is 7.28. The van der Waals surface area contributed by atoms with E-state index < -0.39 is 0 Å². The number of methoxy groups -OCH3 is 1. The summed E-state index contributed by atoms with van der Waals surface area (Å²) in [4.78, 5) is 0. The molecule has 0 atom stereocenters. The monoisotopic (exact) mass is 173 g/mol. The van der Waals surface area contributed by atoms with Gasteiger partial charge in [-0.2, -0.15) is 0 Å². The van der Waals surface area contributed by atoms with Gasteiger partial charge in [-0.3, -0.25) is 5.11 Å². The van der Waals surface area contributed by atoms with Crippen LogP contribution in [-0.4, -0.2) is 7.11 Å². The minimum Gasteiger partial charge on any atom is -0.497 e. The SMILES string of the molecule is COc1ccc2ccc([O])cc2c1. The lowest BCUT2D eigenvalue weighted by Gasteiger charge is -2.01. The molecule has 2 aromatic rings. The van der Waals surface area contributed by atoms with E-state index in [2.05, 4.69) is 0 Å². The summed E-state index contributed by atoms with van der Waals surface area (Å²) in [5.41, 5.74) is 0. The first-order chi connectivity index (χ1) is 6.29. The molecule has 2 rings (SSSR count). The Morgan fingerprint density at radius 1 is 1.00 bits per heavy atom. The third-order valence-corrected chi connectivity index (χ3v) is 2.02. The highest BCUT2D eigenvalue weighted by Gasteiger charge is 1.97. The number of hydrogen-bond donors (Lipinski definition) is 0. The smallest absolute Gasteiger partial charge is 0.179 e. The van der Waals surface area contributed by atoms with Gasteiger partial charge in [0.05, 0.1) is 7.11 Å². The lowest BCUT2D eigenvalue weighted by atomic mass is 10.1. The third-order valence-electron chi connectivity index (χ3n) is 2.02. The summed E-state index contributed by atoms with van der Waals surface area (Å²) in [6.45, 7) is 0. The van der Waals surface area contributed by atoms with E-state index in [9.17, 15) is 5.11 Å². The van der Waals surface area contributed by atoms with Crippen molar-refractivity contribution in [2.24, 2.45) is 0 Å². The quantitative estimate of drug-likeness (QED) is 0.651. The molecular formula is C11H9O2. The maximum absolute atomic E-state index is 11.0. The van der Waals surface area contributed by atoms with Crippen LogP contribution < -0.4 is 4.74 Å². The second-order valence-corrected chi connectivity index (χ2v) is 2.87. The first kappa shape index (κ1) is 7.92. The molecule has 0 saturated heterocycles. The maximum atomic E-state index is 11.0. The topological polar surface area (TPSA) is 29.1 Å². The summed E-state index contributed by atoms with van der Waals surface area (Å²) in [5, 5.41) is 13.0. The average molecular weight is 173 g/mol. The van der Waals surface area contributed by atoms with Crippen molar-refractivity contribution in [3.05, 3.63) is 36.4 Å². The average Bonchev–Trinajstić information content (AvgIpc) is 2.16. The van der Waals surface area contributed by atoms with Crippen molar-refractivity contribution in [2.45, 2.75) is 0 Å². The first-order valence-electron chi connectivity index (χ1n) is 4.04. The van der Waals surface area contributed by atoms with Gasteiger partial charge < -0.3 is 4.74 Å². The molecule has 0 fully saturated rings. The molecule has 0 aromatic heterocycles. The fourth-order valence-corrected chi connectivity index (χ4v) is 1.33. The van der Waals surface area contributed by atoms with Gasteiger partial charge in [0, 0.05) is 0 Å². The molecule has 0 aliphatic heterocycles. The highest BCUT2D eigenvalue weighted by Crippen LogP contribution is 2.24. The van der Waals surface area contributed by atoms with E-state index in [-0.39, 0.29) is 5.75 Å². The normalized spacial score (nSPS) is 10.2. The van der Waals surface area contributed by atoms with Gasteiger partial charge in [-0.25, -0.2) is 0 Å². The van der Waals surface area contributed by atoms with Crippen molar-refractivity contribution < 1.29 is 9.84 Å². The molecular weight excluding hydrogens is 164 g/mol. The summed E-state index contributed by atoms with van der Waals surface area (Å²) < 4.78 is 5.06. The Bertz CT molecular complexity index is 435. The van der Waals surface area contributed by atoms with Crippen molar-refractivity contribution >= 4 is 10.8 Å². The highest BCUT2D eigenvalue weighted by molar-refractivity contribution is 5.85. The van der Waals surface area contributed by atoms with Crippen LogP contribution in [0.15, 0.2) is 36.4 Å². The van der Waals surface area contributed by atoms with Gasteiger partial charge >= 0.3 is 0 Å². The zero-order chi connectivity index (χ0) is 9.26. The van der Waals surface area contributed by atoms with Crippen molar-refractivity contribution in [3.63, 3.8) is 0 Å². The van der Waals surface area contributed by atoms with Crippen LogP contribution in [0.1, 0.15) is 0 Å². The molecule has 0 N–H and O–H groups in total. The van der Waals surface area contributed by atoms with Crippen LogP contribution in [-0.2, 0) is 5.11 Å². The second-order valence-electron chi connectivity index (χ2n) is 2.87. The van der Waals surface area contributed by atoms with Gasteiger partial charge in [-0.15, -0.1) is 0 Å². The van der Waals surface area contributed by atoms with Gasteiger partial charge in [0.15, 0.2) is 5.75 Å². The minimum absolute atomic E-state index is 0.0285. The van der Waals surface area contributed by atoms with Crippen LogP contribution >= 0.6 is 0 Å². The van der Waals surface area contributed by atoms with Crippen LogP contribution in [0.3, 0.4) is 0 Å². The summed E-state index contributed by atoms with van der Waals surface area (Å²) >= 11 is 0. The van der Waals surface area contributed by atoms with Gasteiger partial charge in [0.25, 0.3) is 0 Å². The van der Waals surface area contributed by atoms with E-state index in [4.69, 9.17) is 4.74 Å². The van der Waals surface area contributed by atoms with Crippen LogP contribution in [0.4, 0.5) is 0 Å². The molecule has 0 saturated carbocycles. The molecule has 1 radical (unpaired) electrons. The van der Waals surface area contributed by atoms with E-state index in [1.165, 1.54) is 0 Å². The second kappa shape index (κ2) is 2.98. The van der Waals surface area contributed by atoms with Gasteiger partial charge in [-0.05, 0) is 35.0 Å². The Kier molecular flexibility index (Phi) is 1.81. The third kappa shape index (κ3) is 1.43. The molecule has 0 unspecified atom stereocenters. The predicted octanol–water partition coefficient (Wildman–Crippen LogP) is 2.99. The van der Waals surface area contributed by atoms with E-state index in [1.807, 2.05) is 24.3 Å². The molecule has 0 amide bonds. The molecule has 2 heteroatoms. The molecule has 2 nitrogen and oxygen atoms in total. The van der Waals surface area contributed by atoms with Crippen molar-refractivity contribution in [1.29, 1.82) is 0 Å². The van der Waals surface area contributed by atoms with Gasteiger partial charge in [0.2, 0.25) is 0 Å². The largest absolute Gasteiger partial charge is 0.497 e. The zero-order valence-corrected chi connectivity index (χ0v) is 7.28. The van der Waals surface area contributed by atoms with Crippen LogP contribution in [0, 0.1) is 0 Å².